The van der Waals surface area contributed by atoms with Crippen LogP contribution in [0.5, 0.6) is 5.75 Å². The van der Waals surface area contributed by atoms with E-state index in [9.17, 15) is 18.0 Å². The third kappa shape index (κ3) is 7.19. The first-order valence-electron chi connectivity index (χ1n) is 19.0. The topological polar surface area (TPSA) is 146 Å². The van der Waals surface area contributed by atoms with Crippen LogP contribution >= 0.6 is 0 Å². The monoisotopic (exact) mass is 772 g/mol. The van der Waals surface area contributed by atoms with Crippen LogP contribution < -0.4 is 9.46 Å². The van der Waals surface area contributed by atoms with E-state index in [4.69, 9.17) is 18.9 Å². The Morgan fingerprint density at radius 1 is 0.982 bits per heavy atom. The number of carbonyl (C=O) groups excluding carboxylic acids is 2. The molecule has 0 bridgehead atoms. The zero-order valence-electron chi connectivity index (χ0n) is 31.6. The number of morpholine rings is 2. The minimum absolute atomic E-state index is 0.135. The Hall–Kier alpha value is -4.54. The molecule has 2 amide bonds. The van der Waals surface area contributed by atoms with Gasteiger partial charge >= 0.3 is 10.2 Å². The van der Waals surface area contributed by atoms with Gasteiger partial charge < -0.3 is 28.4 Å². The number of methoxy groups -OCH3 is 2. The van der Waals surface area contributed by atoms with Crippen LogP contribution in [0.2, 0.25) is 0 Å². The van der Waals surface area contributed by atoms with E-state index < -0.39 is 16.1 Å². The fourth-order valence-electron chi connectivity index (χ4n) is 8.69. The molecule has 1 N–H and O–H groups in total. The third-order valence-electron chi connectivity index (χ3n) is 11.3. The maximum Gasteiger partial charge on any atom is 0.304 e. The first kappa shape index (κ1) is 37.4. The number of nitrogens with zero attached hydrogens (tertiary/aromatic N) is 5. The number of aryl methyl sites for hydroxylation is 1. The first-order chi connectivity index (χ1) is 26.7. The van der Waals surface area contributed by atoms with Crippen LogP contribution in [0.15, 0.2) is 42.6 Å². The van der Waals surface area contributed by atoms with Crippen LogP contribution in [0.3, 0.4) is 0 Å². The number of hydrogen-bond donors (Lipinski definition) is 1. The summed E-state index contributed by atoms with van der Waals surface area (Å²) in [5.74, 6) is 0.164. The van der Waals surface area contributed by atoms with E-state index in [-0.39, 0.29) is 43.9 Å². The molecule has 0 spiro atoms. The molecule has 55 heavy (non-hydrogen) atoms. The van der Waals surface area contributed by atoms with Gasteiger partial charge in [-0.2, -0.15) is 17.8 Å². The molecule has 14 nitrogen and oxygen atoms in total. The Bertz CT molecular complexity index is 2250. The zero-order chi connectivity index (χ0) is 38.3. The van der Waals surface area contributed by atoms with Crippen LogP contribution in [0.1, 0.15) is 75.6 Å². The molecule has 8 rings (SSSR count). The summed E-state index contributed by atoms with van der Waals surface area (Å²) in [6.45, 7) is 2.92. The molecular weight excluding hydrogens is 725 g/mol. The van der Waals surface area contributed by atoms with Crippen molar-refractivity contribution in [2.75, 3.05) is 66.8 Å². The normalized spacial score (nSPS) is 19.7. The highest BCUT2D eigenvalue weighted by atomic mass is 32.2. The fraction of sp³-hybridized carbons (Fsp3) is 0.475. The smallest absolute Gasteiger partial charge is 0.304 e. The lowest BCUT2D eigenvalue weighted by Gasteiger charge is -2.32. The van der Waals surface area contributed by atoms with Gasteiger partial charge in [0.15, 0.2) is 0 Å². The third-order valence-corrected chi connectivity index (χ3v) is 12.8. The quantitative estimate of drug-likeness (QED) is 0.261. The van der Waals surface area contributed by atoms with Crippen molar-refractivity contribution >= 4 is 44.6 Å². The van der Waals surface area contributed by atoms with Crippen molar-refractivity contribution < 1.29 is 37.0 Å². The van der Waals surface area contributed by atoms with Gasteiger partial charge in [0.05, 0.1) is 69.3 Å². The van der Waals surface area contributed by atoms with E-state index in [0.29, 0.717) is 55.8 Å². The molecule has 3 aliphatic heterocycles. The zero-order valence-corrected chi connectivity index (χ0v) is 32.4. The summed E-state index contributed by atoms with van der Waals surface area (Å²) in [6.07, 6.45) is 9.07. The number of nitrogens with one attached hydrogen (secondary N) is 1. The number of amides is 2. The van der Waals surface area contributed by atoms with Crippen molar-refractivity contribution in [2.45, 2.75) is 50.7 Å². The van der Waals surface area contributed by atoms with E-state index in [1.165, 1.54) is 16.3 Å². The number of hydrogen-bond acceptors (Lipinski definition) is 9. The van der Waals surface area contributed by atoms with Crippen LogP contribution in [0.4, 0.5) is 0 Å². The van der Waals surface area contributed by atoms with Crippen LogP contribution in [-0.4, -0.2) is 117 Å². The summed E-state index contributed by atoms with van der Waals surface area (Å²) in [5, 5.41) is 5.63. The number of aromatic nitrogens is 3. The summed E-state index contributed by atoms with van der Waals surface area (Å²) in [4.78, 5) is 29.8. The van der Waals surface area contributed by atoms with E-state index in [0.717, 1.165) is 59.0 Å². The van der Waals surface area contributed by atoms with Gasteiger partial charge in [-0.05, 0) is 71.9 Å². The van der Waals surface area contributed by atoms with Gasteiger partial charge in [-0.25, -0.2) is 4.72 Å². The van der Waals surface area contributed by atoms with Gasteiger partial charge in [-0.1, -0.05) is 25.3 Å². The Morgan fingerprint density at radius 2 is 1.78 bits per heavy atom. The second-order valence-electron chi connectivity index (χ2n) is 14.7. The molecule has 4 aliphatic rings. The fourth-order valence-corrected chi connectivity index (χ4v) is 9.80. The number of allylic oxidation sites excluding steroid dienone is 1. The molecule has 1 aliphatic carbocycles. The average Bonchev–Trinajstić information content (AvgIpc) is 3.69. The van der Waals surface area contributed by atoms with Gasteiger partial charge in [0.2, 0.25) is 0 Å². The largest absolute Gasteiger partial charge is 0.497 e. The number of fused-ring (bicyclic) bond motifs is 5. The molecule has 5 heterocycles. The Balaban J connectivity index is 1.27. The summed E-state index contributed by atoms with van der Waals surface area (Å²) < 4.78 is 56.2. The van der Waals surface area contributed by atoms with Crippen LogP contribution in [0.25, 0.3) is 33.8 Å². The van der Waals surface area contributed by atoms with Crippen molar-refractivity contribution in [3.63, 3.8) is 0 Å². The average molecular weight is 773 g/mol. The summed E-state index contributed by atoms with van der Waals surface area (Å²) in [7, 11) is 1.04. The molecule has 1 atom stereocenters. The molecule has 1 saturated carbocycles. The standard InChI is InChI=1S/C40H48N6O8S/c1-43-37(34(22-41-43)40(48)44-13-18-54-31(24-44)25-51-2)29-19-28-20-30(52-3)10-12-32(28)38-36(26-7-5-4-6-8-26)33-11-9-27(21-35(33)46(38)23-29)39(47)42-55(49,50)45-14-16-53-17-15-45/h9-12,19-22,26,31H,4-8,13-18,23-25H2,1-3H3,(H,42,47)/t31-/m0/s1. The molecule has 3 fully saturated rings. The lowest BCUT2D eigenvalue weighted by molar-refractivity contribution is -0.0531. The Labute approximate surface area is 321 Å². The number of rotatable bonds is 9. The second-order valence-corrected chi connectivity index (χ2v) is 16.4. The molecule has 0 radical (unpaired) electrons. The lowest BCUT2D eigenvalue weighted by atomic mass is 9.81. The molecule has 0 unspecified atom stereocenters. The highest BCUT2D eigenvalue weighted by Crippen LogP contribution is 2.48. The van der Waals surface area contributed by atoms with E-state index in [2.05, 4.69) is 26.5 Å². The SMILES string of the molecule is COC[C@@H]1CN(C(=O)c2cnn(C)c2C2=Cc3cc(OC)ccc3-c3c(C4CCCCC4)c4ccc(C(=O)NS(=O)(=O)N5CCOCC5)cc4n3C2)CCO1. The maximum atomic E-state index is 14.3. The van der Waals surface area contributed by atoms with E-state index in [1.807, 2.05) is 25.2 Å². The minimum atomic E-state index is -4.07. The summed E-state index contributed by atoms with van der Waals surface area (Å²) in [6, 6.07) is 11.6. The number of carbonyl (C=O) groups is 2. The van der Waals surface area contributed by atoms with Gasteiger partial charge in [0.25, 0.3) is 11.8 Å². The molecule has 2 aromatic heterocycles. The number of benzene rings is 2. The molecule has 2 aromatic carbocycles. The van der Waals surface area contributed by atoms with Gasteiger partial charge in [0.1, 0.15) is 5.75 Å². The van der Waals surface area contributed by atoms with Gasteiger partial charge in [0, 0.05) is 62.4 Å². The van der Waals surface area contributed by atoms with Gasteiger partial charge in [-0.15, -0.1) is 0 Å². The Morgan fingerprint density at radius 3 is 2.55 bits per heavy atom. The van der Waals surface area contributed by atoms with Crippen molar-refractivity contribution in [3.8, 4) is 17.0 Å². The molecule has 4 aromatic rings. The lowest BCUT2D eigenvalue weighted by Crippen LogP contribution is -2.48. The van der Waals surface area contributed by atoms with E-state index >= 15 is 0 Å². The predicted molar refractivity (Wildman–Crippen MR) is 207 cm³/mol. The molecule has 15 heteroatoms. The highest BCUT2D eigenvalue weighted by Gasteiger charge is 2.34. The van der Waals surface area contributed by atoms with Crippen molar-refractivity contribution in [3.05, 3.63) is 70.5 Å². The van der Waals surface area contributed by atoms with Crippen molar-refractivity contribution in [1.82, 2.24) is 28.3 Å². The Kier molecular flexibility index (Phi) is 10.6. The molecular formula is C40H48N6O8S. The second kappa shape index (κ2) is 15.5. The summed E-state index contributed by atoms with van der Waals surface area (Å²) >= 11 is 0. The van der Waals surface area contributed by atoms with Crippen LogP contribution in [0, 0.1) is 0 Å². The molecule has 2 saturated heterocycles. The molecule has 292 valence electrons. The summed E-state index contributed by atoms with van der Waals surface area (Å²) in [5.41, 5.74) is 7.30. The highest BCUT2D eigenvalue weighted by molar-refractivity contribution is 7.87. The van der Waals surface area contributed by atoms with Crippen molar-refractivity contribution in [2.24, 2.45) is 7.05 Å². The van der Waals surface area contributed by atoms with Gasteiger partial charge in [-0.3, -0.25) is 14.3 Å². The predicted octanol–water partition coefficient (Wildman–Crippen LogP) is 4.45. The number of ether oxygens (including phenoxy) is 4. The van der Waals surface area contributed by atoms with Crippen LogP contribution in [-0.2, 0) is 38.0 Å². The first-order valence-corrected chi connectivity index (χ1v) is 20.5. The minimum Gasteiger partial charge on any atom is -0.497 e. The van der Waals surface area contributed by atoms with E-state index in [1.54, 1.807) is 42.1 Å². The maximum absolute atomic E-state index is 14.3. The van der Waals surface area contributed by atoms with Crippen molar-refractivity contribution in [1.29, 1.82) is 0 Å².